The Morgan fingerprint density at radius 3 is 2.05 bits per heavy atom. The quantitative estimate of drug-likeness (QED) is 0.573. The Morgan fingerprint density at radius 2 is 1.63 bits per heavy atom. The van der Waals surface area contributed by atoms with Gasteiger partial charge in [0.25, 0.3) is 5.91 Å². The lowest BCUT2D eigenvalue weighted by molar-refractivity contribution is -0.192. The van der Waals surface area contributed by atoms with Crippen LogP contribution in [0.3, 0.4) is 0 Å². The molecule has 2 N–H and O–H groups in total. The molecule has 2 heterocycles. The van der Waals surface area contributed by atoms with Crippen LogP contribution in [0.1, 0.15) is 16.7 Å². The van der Waals surface area contributed by atoms with Gasteiger partial charge in [-0.25, -0.2) is 9.18 Å². The summed E-state index contributed by atoms with van der Waals surface area (Å²) in [4.78, 5) is 37.5. The number of hydrogen-bond donors (Lipinski definition) is 2. The lowest BCUT2D eigenvalue weighted by Crippen LogP contribution is -2.80. The summed E-state index contributed by atoms with van der Waals surface area (Å²) in [5.74, 6) is -4.49. The Bertz CT molecular complexity index is 1280. The largest absolute Gasteiger partial charge is 0.490 e. The summed E-state index contributed by atoms with van der Waals surface area (Å²) in [7, 11) is 0. The number of carbonyl (C=O) groups is 3. The van der Waals surface area contributed by atoms with Crippen molar-refractivity contribution in [3.05, 3.63) is 65.0 Å². The van der Waals surface area contributed by atoms with Crippen molar-refractivity contribution >= 4 is 23.5 Å². The van der Waals surface area contributed by atoms with E-state index < -0.39 is 53.6 Å². The third kappa shape index (κ3) is 5.70. The third-order valence-electron chi connectivity index (χ3n) is 5.82. The van der Waals surface area contributed by atoms with Gasteiger partial charge in [-0.15, -0.1) is 0 Å². The molecule has 4 rings (SSSR count). The molecule has 0 atom stereocenters. The number of halogens is 7. The maximum Gasteiger partial charge on any atom is 0.490 e. The highest BCUT2D eigenvalue weighted by atomic mass is 19.4. The van der Waals surface area contributed by atoms with E-state index in [-0.39, 0.29) is 30.9 Å². The second-order valence-corrected chi connectivity index (χ2v) is 8.28. The van der Waals surface area contributed by atoms with Crippen LogP contribution >= 0.6 is 0 Å². The van der Waals surface area contributed by atoms with E-state index in [0.29, 0.717) is 5.56 Å². The average Bonchev–Trinajstić information content (AvgIpc) is 2.80. The highest BCUT2D eigenvalue weighted by molar-refractivity contribution is 6.10. The fraction of sp³-hybridized carbons (Fsp3) is 0.304. The van der Waals surface area contributed by atoms with Crippen molar-refractivity contribution < 1.29 is 50.2 Å². The molecule has 0 radical (unpaired) electrons. The number of carbonyl (C=O) groups excluding carboxylic acids is 2. The smallest absolute Gasteiger partial charge is 0.475 e. The molecule has 2 amide bonds. The maximum atomic E-state index is 14.5. The average molecular weight is 546 g/mol. The highest BCUT2D eigenvalue weighted by Gasteiger charge is 2.56. The minimum atomic E-state index is -5.08. The van der Waals surface area contributed by atoms with E-state index >= 15 is 0 Å². The van der Waals surface area contributed by atoms with E-state index in [1.54, 1.807) is 6.07 Å². The predicted molar refractivity (Wildman–Crippen MR) is 115 cm³/mol. The Labute approximate surface area is 209 Å². The Morgan fingerprint density at radius 1 is 1.05 bits per heavy atom. The first-order chi connectivity index (χ1) is 17.6. The fourth-order valence-corrected chi connectivity index (χ4v) is 3.81. The molecule has 2 fully saturated rings. The number of piperazine rings is 1. The molecule has 0 bridgehead atoms. The van der Waals surface area contributed by atoms with Gasteiger partial charge in [0.15, 0.2) is 0 Å². The van der Waals surface area contributed by atoms with Crippen molar-refractivity contribution in [1.82, 2.24) is 10.2 Å². The second kappa shape index (κ2) is 10.3. The molecule has 15 heteroatoms. The molecule has 2 aliphatic rings. The van der Waals surface area contributed by atoms with Crippen LogP contribution in [-0.2, 0) is 27.1 Å². The van der Waals surface area contributed by atoms with Gasteiger partial charge in [0, 0.05) is 19.6 Å². The third-order valence-corrected chi connectivity index (χ3v) is 5.82. The van der Waals surface area contributed by atoms with Crippen molar-refractivity contribution in [2.75, 3.05) is 24.5 Å². The number of hydrogen-bond acceptors (Lipinski definition) is 5. The van der Waals surface area contributed by atoms with Crippen molar-refractivity contribution in [3.8, 4) is 6.07 Å². The molecule has 202 valence electrons. The van der Waals surface area contributed by atoms with Gasteiger partial charge in [-0.3, -0.25) is 14.5 Å². The first kappa shape index (κ1) is 28.4. The number of aliphatic carboxylic acids is 1. The molecule has 0 saturated carbocycles. The number of nitrogens with zero attached hydrogens (tertiary/aromatic N) is 3. The number of benzene rings is 2. The van der Waals surface area contributed by atoms with Crippen LogP contribution in [0.2, 0.25) is 0 Å². The standard InChI is InChI=1S/C21H16F4N4O2.C2HF3O2/c22-16-7-14(8-26)3-6-17(16)28-10-18(30)29(20(19(28)31)11-27-12-20)9-13-1-4-15(5-2-13)21(23,24)25;3-2(4,5)1(6)7/h1-7,27H,9-12H2;(H,6,7). The molecule has 2 saturated heterocycles. The van der Waals surface area contributed by atoms with Crippen LogP contribution in [0.4, 0.5) is 36.4 Å². The van der Waals surface area contributed by atoms with Crippen LogP contribution < -0.4 is 10.2 Å². The zero-order valence-electron chi connectivity index (χ0n) is 19.0. The molecule has 2 aromatic rings. The summed E-state index contributed by atoms with van der Waals surface area (Å²) < 4.78 is 84.6. The molecule has 0 unspecified atom stereocenters. The van der Waals surface area contributed by atoms with Crippen LogP contribution in [0.25, 0.3) is 0 Å². The first-order valence-corrected chi connectivity index (χ1v) is 10.6. The van der Waals surface area contributed by atoms with Gasteiger partial charge in [-0.1, -0.05) is 12.1 Å². The topological polar surface area (TPSA) is 114 Å². The SMILES string of the molecule is N#Cc1ccc(N2CC(=O)N(Cc3ccc(C(F)(F)F)cc3)C3(CNC3)C2=O)c(F)c1.O=C(O)C(F)(F)F. The second-order valence-electron chi connectivity index (χ2n) is 8.28. The molecule has 2 aromatic carbocycles. The minimum absolute atomic E-state index is 0.0475. The van der Waals surface area contributed by atoms with E-state index in [1.807, 2.05) is 0 Å². The summed E-state index contributed by atoms with van der Waals surface area (Å²) in [6, 6.07) is 9.83. The van der Waals surface area contributed by atoms with E-state index in [1.165, 1.54) is 29.2 Å². The lowest BCUT2D eigenvalue weighted by atomic mass is 9.85. The van der Waals surface area contributed by atoms with E-state index in [0.717, 1.165) is 23.1 Å². The molecule has 0 aromatic heterocycles. The number of rotatable bonds is 3. The zero-order valence-corrected chi connectivity index (χ0v) is 19.0. The van der Waals surface area contributed by atoms with E-state index in [2.05, 4.69) is 5.32 Å². The normalized spacial score (nSPS) is 16.9. The van der Waals surface area contributed by atoms with Crippen molar-refractivity contribution in [1.29, 1.82) is 5.26 Å². The monoisotopic (exact) mass is 546 g/mol. The molecular formula is C23H17F7N4O4. The van der Waals surface area contributed by atoms with Gasteiger partial charge in [0.2, 0.25) is 5.91 Å². The minimum Gasteiger partial charge on any atom is -0.475 e. The van der Waals surface area contributed by atoms with Crippen LogP contribution in [-0.4, -0.2) is 59.1 Å². The summed E-state index contributed by atoms with van der Waals surface area (Å²) in [5.41, 5.74) is -1.63. The summed E-state index contributed by atoms with van der Waals surface area (Å²) in [6.07, 6.45) is -9.56. The number of carboxylic acids is 1. The Balaban J connectivity index is 0.000000505. The molecular weight excluding hydrogens is 529 g/mol. The van der Waals surface area contributed by atoms with Gasteiger partial charge < -0.3 is 15.3 Å². The summed E-state index contributed by atoms with van der Waals surface area (Å²) >= 11 is 0. The molecule has 8 nitrogen and oxygen atoms in total. The zero-order chi connectivity index (χ0) is 28.5. The van der Waals surface area contributed by atoms with Crippen molar-refractivity contribution in [3.63, 3.8) is 0 Å². The summed E-state index contributed by atoms with van der Waals surface area (Å²) in [5, 5.41) is 19.0. The Hall–Kier alpha value is -4.19. The number of anilines is 1. The van der Waals surface area contributed by atoms with Crippen LogP contribution in [0.15, 0.2) is 42.5 Å². The number of nitrogens with one attached hydrogen (secondary N) is 1. The predicted octanol–water partition coefficient (Wildman–Crippen LogP) is 3.07. The van der Waals surface area contributed by atoms with Crippen molar-refractivity contribution in [2.45, 2.75) is 24.4 Å². The van der Waals surface area contributed by atoms with Gasteiger partial charge in [0.05, 0.1) is 22.9 Å². The van der Waals surface area contributed by atoms with Gasteiger partial charge >= 0.3 is 18.3 Å². The lowest BCUT2D eigenvalue weighted by Gasteiger charge is -2.54. The van der Waals surface area contributed by atoms with Gasteiger partial charge in [-0.2, -0.15) is 31.6 Å². The Kier molecular flexibility index (Phi) is 7.68. The fourth-order valence-electron chi connectivity index (χ4n) is 3.81. The van der Waals surface area contributed by atoms with E-state index in [4.69, 9.17) is 15.2 Å². The molecule has 1 spiro atoms. The first-order valence-electron chi connectivity index (χ1n) is 10.6. The van der Waals surface area contributed by atoms with Gasteiger partial charge in [0.1, 0.15) is 17.9 Å². The number of nitriles is 1. The molecule has 38 heavy (non-hydrogen) atoms. The number of amides is 2. The van der Waals surface area contributed by atoms with Crippen LogP contribution in [0.5, 0.6) is 0 Å². The van der Waals surface area contributed by atoms with Gasteiger partial charge in [-0.05, 0) is 35.9 Å². The number of alkyl halides is 6. The molecule has 2 aliphatic heterocycles. The maximum absolute atomic E-state index is 14.5. The highest BCUT2D eigenvalue weighted by Crippen LogP contribution is 2.34. The number of carboxylic acid groups (broad SMARTS) is 1. The summed E-state index contributed by atoms with van der Waals surface area (Å²) in [6.45, 7) is -0.169. The van der Waals surface area contributed by atoms with Crippen LogP contribution in [0, 0.1) is 17.1 Å². The molecule has 0 aliphatic carbocycles. The van der Waals surface area contributed by atoms with Crippen molar-refractivity contribution in [2.24, 2.45) is 0 Å². The van der Waals surface area contributed by atoms with E-state index in [9.17, 15) is 40.3 Å².